The molecule has 30 heavy (non-hydrogen) atoms. The lowest BCUT2D eigenvalue weighted by atomic mass is 10.0. The van der Waals surface area contributed by atoms with Gasteiger partial charge in [-0.05, 0) is 12.8 Å². The van der Waals surface area contributed by atoms with E-state index in [1.54, 1.807) is 0 Å². The van der Waals surface area contributed by atoms with Gasteiger partial charge in [0.05, 0.1) is 6.61 Å². The van der Waals surface area contributed by atoms with Crippen molar-refractivity contribution >= 4 is 25.7 Å². The first kappa shape index (κ1) is 24.5. The number of aliphatic hydroxyl groups excluding tert-OH is 3. The lowest BCUT2D eigenvalue weighted by molar-refractivity contribution is -0.191. The molecule has 17 heteroatoms. The number of imide groups is 1. The van der Waals surface area contributed by atoms with Gasteiger partial charge in [-0.2, -0.15) is 5.06 Å². The molecule has 2 saturated heterocycles. The second-order valence-electron chi connectivity index (χ2n) is 6.58. The van der Waals surface area contributed by atoms with Crippen LogP contribution in [0.3, 0.4) is 0 Å². The topological polar surface area (TPSA) is 247 Å². The van der Waals surface area contributed by atoms with Gasteiger partial charge in [0.25, 0.3) is 11.6 Å². The van der Waals surface area contributed by atoms with E-state index in [1.807, 2.05) is 0 Å². The number of nitrogens with one attached hydrogen (secondary N) is 1. The van der Waals surface area contributed by atoms with Crippen LogP contribution in [0.15, 0.2) is 0 Å². The van der Waals surface area contributed by atoms with Gasteiger partial charge in [0.15, 0.2) is 0 Å². The van der Waals surface area contributed by atoms with Crippen molar-refractivity contribution in [1.82, 2.24) is 15.3 Å². The molecule has 1 spiro atoms. The van der Waals surface area contributed by atoms with Gasteiger partial charge in [-0.1, -0.05) is 0 Å². The average molecular weight is 459 g/mol. The van der Waals surface area contributed by atoms with Gasteiger partial charge in [-0.15, -0.1) is 0 Å². The second-order valence-corrected chi connectivity index (χ2v) is 7.82. The molecule has 0 aliphatic carbocycles. The monoisotopic (exact) mass is 459 g/mol. The second kappa shape index (κ2) is 9.19. The number of amides is 3. The lowest BCUT2D eigenvalue weighted by Gasteiger charge is -2.24. The zero-order valence-corrected chi connectivity index (χ0v) is 16.2. The largest absolute Gasteiger partial charge is 0.480 e. The van der Waals surface area contributed by atoms with Gasteiger partial charge in [0.1, 0.15) is 31.1 Å². The molecule has 0 saturated carbocycles. The van der Waals surface area contributed by atoms with Crippen LogP contribution in [0.1, 0.15) is 12.8 Å². The zero-order valence-electron chi connectivity index (χ0n) is 15.3. The Morgan fingerprint density at radius 3 is 2.53 bits per heavy atom. The lowest BCUT2D eigenvalue weighted by Crippen LogP contribution is -2.56. The average Bonchev–Trinajstić information content (AvgIpc) is 3.03. The van der Waals surface area contributed by atoms with E-state index in [9.17, 15) is 34.4 Å². The maximum atomic E-state index is 12.7. The summed E-state index contributed by atoms with van der Waals surface area (Å²) in [6, 6.07) is -2.54. The Morgan fingerprint density at radius 1 is 1.37 bits per heavy atom. The Bertz CT molecular complexity index is 731. The van der Waals surface area contributed by atoms with Crippen LogP contribution in [0.5, 0.6) is 0 Å². The summed E-state index contributed by atoms with van der Waals surface area (Å²) in [5.41, 5.74) is -2.42. The molecule has 3 amide bonds. The van der Waals surface area contributed by atoms with Crippen molar-refractivity contribution in [2.45, 2.75) is 42.9 Å². The molecule has 16 nitrogen and oxygen atoms in total. The minimum absolute atomic E-state index is 0.118. The third-order valence-electron chi connectivity index (χ3n) is 4.61. The number of urea groups is 1. The summed E-state index contributed by atoms with van der Waals surface area (Å²) < 4.78 is 20.2. The Kier molecular flexibility index (Phi) is 7.52. The van der Waals surface area contributed by atoms with Crippen molar-refractivity contribution in [1.29, 1.82) is 0 Å². The van der Waals surface area contributed by atoms with Gasteiger partial charge < -0.3 is 40.2 Å². The molecule has 0 aromatic heterocycles. The van der Waals surface area contributed by atoms with Crippen LogP contribution in [0.25, 0.3) is 0 Å². The number of rotatable bonds is 10. The molecule has 0 unspecified atom stereocenters. The van der Waals surface area contributed by atoms with E-state index in [0.717, 1.165) is 0 Å². The van der Waals surface area contributed by atoms with E-state index in [4.69, 9.17) is 24.7 Å². The molecule has 2 heterocycles. The smallest absolute Gasteiger partial charge is 0.469 e. The molecule has 2 rings (SSSR count). The molecule has 0 aromatic rings. The van der Waals surface area contributed by atoms with E-state index >= 15 is 0 Å². The van der Waals surface area contributed by atoms with E-state index in [-0.39, 0.29) is 24.4 Å². The Balaban J connectivity index is 2.04. The fourth-order valence-electron chi connectivity index (χ4n) is 3.12. The van der Waals surface area contributed by atoms with Crippen LogP contribution in [-0.2, 0) is 23.4 Å². The minimum atomic E-state index is -4.94. The van der Waals surface area contributed by atoms with Gasteiger partial charge in [0, 0.05) is 6.54 Å². The van der Waals surface area contributed by atoms with E-state index in [2.05, 4.69) is 9.84 Å². The third-order valence-corrected chi connectivity index (χ3v) is 5.10. The highest BCUT2D eigenvalue weighted by Gasteiger charge is 2.65. The maximum absolute atomic E-state index is 12.7. The number of aliphatic hydroxyl groups is 3. The molecule has 0 aromatic carbocycles. The first-order valence-electron chi connectivity index (χ1n) is 8.51. The van der Waals surface area contributed by atoms with Crippen molar-refractivity contribution in [3.8, 4) is 0 Å². The standard InChI is InChI=1S/C13H22N3O13P/c17-5-16(24)6(10(20)21)2-1-3-15-11(22)13(14-12(15)23)9(19)8(18)7(29-13)4-28-30(25,26)27/h6-9,17-19,24H,1-5H2,(H,14,23)(H,20,21)(H2,25,26,27)/t6-,7-,8-,9-,13+/m1/s1. The van der Waals surface area contributed by atoms with Crippen molar-refractivity contribution in [2.75, 3.05) is 19.9 Å². The van der Waals surface area contributed by atoms with E-state index in [0.29, 0.717) is 4.90 Å². The fraction of sp³-hybridized carbons (Fsp3) is 0.769. The van der Waals surface area contributed by atoms with Crippen LogP contribution in [0.2, 0.25) is 0 Å². The highest BCUT2D eigenvalue weighted by atomic mass is 31.2. The van der Waals surface area contributed by atoms with Crippen molar-refractivity contribution in [3.05, 3.63) is 0 Å². The first-order chi connectivity index (χ1) is 13.8. The number of hydroxylamine groups is 2. The van der Waals surface area contributed by atoms with Crippen molar-refractivity contribution in [2.24, 2.45) is 0 Å². The summed E-state index contributed by atoms with van der Waals surface area (Å²) in [6.45, 7) is -2.20. The predicted octanol–water partition coefficient (Wildman–Crippen LogP) is -3.66. The molecule has 2 aliphatic heterocycles. The summed E-state index contributed by atoms with van der Waals surface area (Å²) in [4.78, 5) is 54.0. The van der Waals surface area contributed by atoms with Crippen LogP contribution in [-0.4, -0.2) is 113 Å². The van der Waals surface area contributed by atoms with E-state index < -0.39 is 69.1 Å². The molecule has 172 valence electrons. The van der Waals surface area contributed by atoms with Crippen molar-refractivity contribution in [3.63, 3.8) is 0 Å². The molecule has 5 atom stereocenters. The molecule has 0 bridgehead atoms. The molecular weight excluding hydrogens is 437 g/mol. The highest BCUT2D eigenvalue weighted by molar-refractivity contribution is 7.46. The molecule has 0 radical (unpaired) electrons. The first-order valence-corrected chi connectivity index (χ1v) is 10.0. The Morgan fingerprint density at radius 2 is 2.00 bits per heavy atom. The fourth-order valence-corrected chi connectivity index (χ4v) is 3.46. The van der Waals surface area contributed by atoms with Crippen LogP contribution in [0, 0.1) is 0 Å². The highest BCUT2D eigenvalue weighted by Crippen LogP contribution is 2.39. The number of carbonyl (C=O) groups excluding carboxylic acids is 2. The predicted molar refractivity (Wildman–Crippen MR) is 89.2 cm³/mol. The number of phosphoric acid groups is 1. The Labute approximate surface area is 168 Å². The number of ether oxygens (including phenoxy) is 1. The molecule has 2 aliphatic rings. The number of nitrogens with zero attached hydrogens (tertiary/aromatic N) is 2. The van der Waals surface area contributed by atoms with Gasteiger partial charge in [-0.25, -0.2) is 9.36 Å². The van der Waals surface area contributed by atoms with E-state index in [1.165, 1.54) is 0 Å². The molecular formula is C13H22N3O13P. The number of hydrogen-bond donors (Lipinski definition) is 8. The number of hydrogen-bond acceptors (Lipinski definition) is 11. The number of aliphatic carboxylic acids is 1. The quantitative estimate of drug-likeness (QED) is 0.0679. The van der Waals surface area contributed by atoms with Crippen molar-refractivity contribution < 1.29 is 63.6 Å². The number of carboxylic acid groups (broad SMARTS) is 1. The van der Waals surface area contributed by atoms with Crippen LogP contribution >= 0.6 is 7.82 Å². The summed E-state index contributed by atoms with van der Waals surface area (Å²) in [5.74, 6) is -2.57. The Hall–Kier alpha value is -1.72. The molecule has 8 N–H and O–H groups in total. The van der Waals surface area contributed by atoms with Gasteiger partial charge in [0.2, 0.25) is 0 Å². The number of carboxylic acids is 1. The summed E-state index contributed by atoms with van der Waals surface area (Å²) in [6.07, 6.45) is -5.75. The molecule has 2 fully saturated rings. The maximum Gasteiger partial charge on any atom is 0.469 e. The SMILES string of the molecule is O=C(O)[C@@H](CCCN1C(=O)N[C@@]2(O[C@H](COP(=O)(O)O)[C@@H](O)[C@H]2O)C1=O)N(O)CO. The van der Waals surface area contributed by atoms with Crippen LogP contribution in [0.4, 0.5) is 4.79 Å². The summed E-state index contributed by atoms with van der Waals surface area (Å²) >= 11 is 0. The third kappa shape index (κ3) is 4.94. The number of carbonyl (C=O) groups is 3. The number of phosphoric ester groups is 1. The summed E-state index contributed by atoms with van der Waals surface area (Å²) in [5, 5.41) is 49.6. The normalized spacial score (nSPS) is 30.4. The van der Waals surface area contributed by atoms with Gasteiger partial charge >= 0.3 is 19.8 Å². The summed E-state index contributed by atoms with van der Waals surface area (Å²) in [7, 11) is -4.94. The minimum Gasteiger partial charge on any atom is -0.480 e. The zero-order chi connectivity index (χ0) is 22.9. The van der Waals surface area contributed by atoms with Gasteiger partial charge in [-0.3, -0.25) is 24.3 Å². The van der Waals surface area contributed by atoms with Crippen LogP contribution < -0.4 is 5.32 Å².